The van der Waals surface area contributed by atoms with Crippen molar-refractivity contribution in [2.24, 2.45) is 0 Å². The summed E-state index contributed by atoms with van der Waals surface area (Å²) in [6.45, 7) is 6.03. The van der Waals surface area contributed by atoms with Gasteiger partial charge in [0.1, 0.15) is 5.82 Å². The molecular formula is C31H40N6O5. The Hall–Kier alpha value is -4.09. The highest BCUT2D eigenvalue weighted by Gasteiger charge is 2.21. The molecule has 0 aliphatic heterocycles. The van der Waals surface area contributed by atoms with E-state index in [4.69, 9.17) is 4.98 Å². The minimum atomic E-state index is -0.439. The van der Waals surface area contributed by atoms with Gasteiger partial charge < -0.3 is 15.0 Å². The number of benzene rings is 2. The summed E-state index contributed by atoms with van der Waals surface area (Å²) in [4.78, 5) is 42.7. The number of nitro groups is 1. The molecule has 0 saturated heterocycles. The van der Waals surface area contributed by atoms with Crippen molar-refractivity contribution in [1.82, 2.24) is 24.0 Å². The molecule has 2 heterocycles. The SMILES string of the molecule is CCCn1c(=O)c2c(nc(Cc3ccccc3)n2CCNCC(O)CC)n(CCCCc2ccc([N+](=O)[O-])cc2)c1=O. The van der Waals surface area contributed by atoms with Crippen molar-refractivity contribution < 1.29 is 10.0 Å². The molecular weight excluding hydrogens is 536 g/mol. The lowest BCUT2D eigenvalue weighted by atomic mass is 10.1. The highest BCUT2D eigenvalue weighted by molar-refractivity contribution is 5.71. The number of hydrogen-bond donors (Lipinski definition) is 2. The number of aromatic nitrogens is 4. The number of nitrogens with one attached hydrogen (secondary N) is 1. The average molecular weight is 577 g/mol. The second-order valence-corrected chi connectivity index (χ2v) is 10.6. The lowest BCUT2D eigenvalue weighted by Crippen LogP contribution is -2.41. The van der Waals surface area contributed by atoms with Gasteiger partial charge in [0.2, 0.25) is 0 Å². The number of fused-ring (bicyclic) bond motifs is 1. The summed E-state index contributed by atoms with van der Waals surface area (Å²) in [5, 5.41) is 24.2. The van der Waals surface area contributed by atoms with Crippen LogP contribution in [0.25, 0.3) is 11.2 Å². The molecule has 0 radical (unpaired) electrons. The summed E-state index contributed by atoms with van der Waals surface area (Å²) in [6.07, 6.45) is 3.52. The van der Waals surface area contributed by atoms with Crippen molar-refractivity contribution >= 4 is 16.9 Å². The molecule has 0 aliphatic rings. The standard InChI is InChI=1S/C31H40N6O5/c1-3-18-36-30(39)28-29(35(31(36)40)19-9-8-10-23-13-15-25(16-14-23)37(41)42)33-27(21-24-11-6-5-7-12-24)34(28)20-17-32-22-26(38)4-2/h5-7,11-16,26,32,38H,3-4,8-10,17-22H2,1-2H3. The number of unbranched alkanes of at least 4 members (excludes halogenated alkanes) is 1. The van der Waals surface area contributed by atoms with Crippen LogP contribution in [0.5, 0.6) is 0 Å². The van der Waals surface area contributed by atoms with E-state index in [1.54, 1.807) is 16.7 Å². The summed E-state index contributed by atoms with van der Waals surface area (Å²) in [7, 11) is 0. The van der Waals surface area contributed by atoms with Crippen LogP contribution in [0.3, 0.4) is 0 Å². The Morgan fingerprint density at radius 3 is 2.33 bits per heavy atom. The van der Waals surface area contributed by atoms with Gasteiger partial charge in [-0.25, -0.2) is 9.78 Å². The maximum absolute atomic E-state index is 13.7. The first kappa shape index (κ1) is 30.9. The van der Waals surface area contributed by atoms with Crippen LogP contribution < -0.4 is 16.6 Å². The normalized spacial score (nSPS) is 12.2. The summed E-state index contributed by atoms with van der Waals surface area (Å²) in [5.41, 5.74) is 2.22. The third-order valence-corrected chi connectivity index (χ3v) is 7.45. The van der Waals surface area contributed by atoms with Crippen LogP contribution in [-0.4, -0.2) is 47.9 Å². The molecule has 2 aromatic carbocycles. The predicted octanol–water partition coefficient (Wildman–Crippen LogP) is 3.65. The molecule has 2 aromatic heterocycles. The first-order valence-electron chi connectivity index (χ1n) is 14.7. The Kier molecular flexibility index (Phi) is 10.8. The van der Waals surface area contributed by atoms with Crippen molar-refractivity contribution in [3.63, 3.8) is 0 Å². The molecule has 0 fully saturated rings. The minimum Gasteiger partial charge on any atom is -0.392 e. The van der Waals surface area contributed by atoms with Gasteiger partial charge in [0.25, 0.3) is 11.2 Å². The summed E-state index contributed by atoms with van der Waals surface area (Å²) in [6, 6.07) is 16.4. The van der Waals surface area contributed by atoms with E-state index in [1.165, 1.54) is 16.7 Å². The van der Waals surface area contributed by atoms with E-state index in [1.807, 2.05) is 48.7 Å². The predicted molar refractivity (Wildman–Crippen MR) is 163 cm³/mol. The Bertz CT molecular complexity index is 1590. The van der Waals surface area contributed by atoms with Crippen molar-refractivity contribution in [3.05, 3.63) is 103 Å². The van der Waals surface area contributed by atoms with Crippen LogP contribution in [0.2, 0.25) is 0 Å². The number of imidazole rings is 1. The Balaban J connectivity index is 1.66. The largest absolute Gasteiger partial charge is 0.392 e. The second kappa shape index (κ2) is 14.7. The lowest BCUT2D eigenvalue weighted by Gasteiger charge is -2.14. The quantitative estimate of drug-likeness (QED) is 0.118. The fraction of sp³-hybridized carbons (Fsp3) is 0.452. The Morgan fingerprint density at radius 1 is 0.929 bits per heavy atom. The van der Waals surface area contributed by atoms with Crippen LogP contribution in [0.15, 0.2) is 64.2 Å². The number of non-ortho nitro benzene ring substituents is 1. The molecule has 0 saturated carbocycles. The van der Waals surface area contributed by atoms with E-state index in [-0.39, 0.29) is 16.9 Å². The Labute approximate surface area is 244 Å². The molecule has 0 spiro atoms. The average Bonchev–Trinajstić information content (AvgIpc) is 3.35. The van der Waals surface area contributed by atoms with Gasteiger partial charge in [-0.1, -0.05) is 56.3 Å². The molecule has 1 unspecified atom stereocenters. The van der Waals surface area contributed by atoms with Crippen molar-refractivity contribution in [1.29, 1.82) is 0 Å². The van der Waals surface area contributed by atoms with E-state index in [9.17, 15) is 24.8 Å². The zero-order chi connectivity index (χ0) is 30.1. The Morgan fingerprint density at radius 2 is 1.67 bits per heavy atom. The van der Waals surface area contributed by atoms with Gasteiger partial charge in [-0.3, -0.25) is 24.0 Å². The number of aryl methyl sites for hydroxylation is 2. The highest BCUT2D eigenvalue weighted by Crippen LogP contribution is 2.18. The fourth-order valence-corrected chi connectivity index (χ4v) is 5.10. The maximum Gasteiger partial charge on any atom is 0.332 e. The molecule has 0 amide bonds. The first-order valence-corrected chi connectivity index (χ1v) is 14.7. The van der Waals surface area contributed by atoms with Gasteiger partial charge in [-0.2, -0.15) is 0 Å². The molecule has 42 heavy (non-hydrogen) atoms. The summed E-state index contributed by atoms with van der Waals surface area (Å²) in [5.74, 6) is 0.708. The minimum absolute atomic E-state index is 0.0597. The molecule has 4 aromatic rings. The van der Waals surface area contributed by atoms with Crippen LogP contribution >= 0.6 is 0 Å². The topological polar surface area (TPSA) is 137 Å². The first-order chi connectivity index (χ1) is 20.3. The fourth-order valence-electron chi connectivity index (χ4n) is 5.10. The van der Waals surface area contributed by atoms with Gasteiger partial charge in [0.05, 0.1) is 11.0 Å². The molecule has 1 atom stereocenters. The monoisotopic (exact) mass is 576 g/mol. The third kappa shape index (κ3) is 7.40. The zero-order valence-electron chi connectivity index (χ0n) is 24.4. The number of nitro benzene ring substituents is 1. The van der Waals surface area contributed by atoms with Crippen molar-refractivity contribution in [2.45, 2.75) is 78.1 Å². The molecule has 224 valence electrons. The zero-order valence-corrected chi connectivity index (χ0v) is 24.4. The smallest absolute Gasteiger partial charge is 0.332 e. The highest BCUT2D eigenvalue weighted by atomic mass is 16.6. The van der Waals surface area contributed by atoms with Gasteiger partial charge >= 0.3 is 5.69 Å². The van der Waals surface area contributed by atoms with Crippen LogP contribution in [0.1, 0.15) is 56.5 Å². The van der Waals surface area contributed by atoms with Crippen LogP contribution in [0.4, 0.5) is 5.69 Å². The summed E-state index contributed by atoms with van der Waals surface area (Å²) < 4.78 is 4.87. The molecule has 11 heteroatoms. The second-order valence-electron chi connectivity index (χ2n) is 10.6. The van der Waals surface area contributed by atoms with Gasteiger partial charge in [0, 0.05) is 51.3 Å². The summed E-state index contributed by atoms with van der Waals surface area (Å²) >= 11 is 0. The number of nitrogens with zero attached hydrogens (tertiary/aromatic N) is 5. The van der Waals surface area contributed by atoms with E-state index < -0.39 is 11.0 Å². The van der Waals surface area contributed by atoms with Crippen molar-refractivity contribution in [3.8, 4) is 0 Å². The number of rotatable bonds is 16. The van der Waals surface area contributed by atoms with Crippen LogP contribution in [-0.2, 0) is 32.5 Å². The third-order valence-electron chi connectivity index (χ3n) is 7.45. The molecule has 4 rings (SSSR count). The molecule has 0 bridgehead atoms. The lowest BCUT2D eigenvalue weighted by molar-refractivity contribution is -0.384. The van der Waals surface area contributed by atoms with Gasteiger partial charge in [0.15, 0.2) is 11.2 Å². The number of aliphatic hydroxyl groups excluding tert-OH is 1. The maximum atomic E-state index is 13.7. The molecule has 2 N–H and O–H groups in total. The van der Waals surface area contributed by atoms with E-state index in [2.05, 4.69) is 5.32 Å². The van der Waals surface area contributed by atoms with Gasteiger partial charge in [-0.05, 0) is 43.2 Å². The molecule has 0 aliphatic carbocycles. The van der Waals surface area contributed by atoms with Gasteiger partial charge in [-0.15, -0.1) is 0 Å². The van der Waals surface area contributed by atoms with E-state index in [0.29, 0.717) is 81.8 Å². The number of hydrogen-bond acceptors (Lipinski definition) is 7. The van der Waals surface area contributed by atoms with Crippen LogP contribution in [0, 0.1) is 10.1 Å². The van der Waals surface area contributed by atoms with Crippen molar-refractivity contribution in [2.75, 3.05) is 13.1 Å². The van der Waals surface area contributed by atoms with E-state index in [0.717, 1.165) is 17.5 Å². The van der Waals surface area contributed by atoms with E-state index >= 15 is 0 Å². The number of aliphatic hydroxyl groups is 1. The molecule has 11 nitrogen and oxygen atoms in total.